The molecule has 0 radical (unpaired) electrons. The molecule has 3 aromatic rings. The molecule has 1 atom stereocenters. The van der Waals surface area contributed by atoms with E-state index in [0.29, 0.717) is 25.8 Å². The van der Waals surface area contributed by atoms with Crippen LogP contribution in [0.2, 0.25) is 0 Å². The zero-order valence-electron chi connectivity index (χ0n) is 17.6. The Bertz CT molecular complexity index is 1180. The first-order chi connectivity index (χ1) is 13.8. The van der Waals surface area contributed by atoms with E-state index >= 15 is 0 Å². The Morgan fingerprint density at radius 2 is 1.90 bits per heavy atom. The van der Waals surface area contributed by atoms with Crippen LogP contribution in [0.1, 0.15) is 25.5 Å². The van der Waals surface area contributed by atoms with Crippen molar-refractivity contribution in [2.24, 2.45) is 0 Å². The second-order valence-corrected chi connectivity index (χ2v) is 8.97. The second kappa shape index (κ2) is 9.20. The van der Waals surface area contributed by atoms with E-state index in [0.717, 1.165) is 34.3 Å². The van der Waals surface area contributed by atoms with Crippen LogP contribution in [0.5, 0.6) is 0 Å². The van der Waals surface area contributed by atoms with Gasteiger partial charge in [0.15, 0.2) is 0 Å². The maximum absolute atomic E-state index is 13.1. The Labute approximate surface area is 197 Å². The molecule has 4 rings (SSSR count). The van der Waals surface area contributed by atoms with Crippen molar-refractivity contribution >= 4 is 26.9 Å². The Hall–Kier alpha value is -1.71. The molecule has 1 aliphatic carbocycles. The van der Waals surface area contributed by atoms with Crippen molar-refractivity contribution in [1.29, 1.82) is 0 Å². The molecule has 1 aliphatic rings. The van der Waals surface area contributed by atoms with E-state index in [1.54, 1.807) is 0 Å². The predicted molar refractivity (Wildman–Crippen MR) is 108 cm³/mol. The fourth-order valence-electron chi connectivity index (χ4n) is 4.07. The Morgan fingerprint density at radius 1 is 1.20 bits per heavy atom. The Balaban J connectivity index is 0.00000171. The Kier molecular flexibility index (Phi) is 7.04. The van der Waals surface area contributed by atoms with Gasteiger partial charge in [-0.15, -0.1) is 0 Å². The first kappa shape index (κ1) is 23.0. The van der Waals surface area contributed by atoms with E-state index in [9.17, 15) is 17.6 Å². The van der Waals surface area contributed by atoms with Crippen LogP contribution >= 0.6 is 0 Å². The van der Waals surface area contributed by atoms with Crippen molar-refractivity contribution in [2.75, 3.05) is 0 Å². The third-order valence-corrected chi connectivity index (χ3v) is 6.91. The predicted octanol–water partition coefficient (Wildman–Crippen LogP) is 0.207. The normalized spacial score (nSPS) is 16.1. The number of nitrogens with one attached hydrogen (secondary N) is 1. The number of hydrogen-bond donors (Lipinski definition) is 2. The van der Waals surface area contributed by atoms with Gasteiger partial charge in [-0.25, -0.2) is 17.5 Å². The largest absolute Gasteiger partial charge is 1.00 e. The summed E-state index contributed by atoms with van der Waals surface area (Å²) in [7, 11) is -3.75. The van der Waals surface area contributed by atoms with Crippen molar-refractivity contribution in [2.45, 2.75) is 43.2 Å². The van der Waals surface area contributed by atoms with E-state index in [1.807, 2.05) is 28.8 Å². The van der Waals surface area contributed by atoms with Crippen LogP contribution in [0.15, 0.2) is 53.4 Å². The van der Waals surface area contributed by atoms with Crippen LogP contribution in [0.4, 0.5) is 4.39 Å². The number of para-hydroxylation sites is 1. The molecule has 1 aromatic heterocycles. The van der Waals surface area contributed by atoms with Crippen molar-refractivity contribution < 1.29 is 53.7 Å². The van der Waals surface area contributed by atoms with Gasteiger partial charge in [0.1, 0.15) is 5.82 Å². The minimum Gasteiger partial charge on any atom is -1.00 e. The minimum atomic E-state index is -3.75. The van der Waals surface area contributed by atoms with Gasteiger partial charge >= 0.3 is 35.5 Å². The van der Waals surface area contributed by atoms with Gasteiger partial charge in [0.2, 0.25) is 10.0 Å². The van der Waals surface area contributed by atoms with Gasteiger partial charge in [-0.1, -0.05) is 18.2 Å². The smallest absolute Gasteiger partial charge is 1.00 e. The number of carboxylic acid groups (broad SMARTS) is 1. The van der Waals surface area contributed by atoms with Gasteiger partial charge in [-0.2, -0.15) is 0 Å². The third-order valence-electron chi connectivity index (χ3n) is 5.37. The number of carbonyl (C=O) groups is 1. The minimum absolute atomic E-state index is 0. The maximum Gasteiger partial charge on any atom is 1.00 e. The second-order valence-electron chi connectivity index (χ2n) is 7.25. The maximum atomic E-state index is 13.1. The summed E-state index contributed by atoms with van der Waals surface area (Å²) in [5.74, 6) is -1.34. The number of nitrogens with zero attached hydrogens (tertiary/aromatic N) is 1. The molecule has 6 nitrogen and oxygen atoms in total. The van der Waals surface area contributed by atoms with Gasteiger partial charge in [-0.05, 0) is 55.2 Å². The van der Waals surface area contributed by atoms with Gasteiger partial charge in [-0.3, -0.25) is 4.79 Å². The fourth-order valence-corrected chi connectivity index (χ4v) is 5.34. The van der Waals surface area contributed by atoms with E-state index in [4.69, 9.17) is 5.11 Å². The number of hydrogen-bond acceptors (Lipinski definition) is 3. The van der Waals surface area contributed by atoms with Crippen LogP contribution in [0, 0.1) is 5.82 Å². The van der Waals surface area contributed by atoms with Crippen LogP contribution in [-0.2, 0) is 34.2 Å². The molecule has 0 bridgehead atoms. The molecule has 0 unspecified atom stereocenters. The summed E-state index contributed by atoms with van der Waals surface area (Å²) in [5.41, 5.74) is 3.11. The number of benzene rings is 2. The summed E-state index contributed by atoms with van der Waals surface area (Å²) in [6.07, 6.45) is 1.82. The number of aliphatic carboxylic acids is 1. The van der Waals surface area contributed by atoms with E-state index in [-0.39, 0.29) is 48.3 Å². The average molecular weight is 440 g/mol. The molecule has 9 heteroatoms. The summed E-state index contributed by atoms with van der Waals surface area (Å²) < 4.78 is 43.2. The molecule has 1 heterocycles. The van der Waals surface area contributed by atoms with E-state index in [1.165, 1.54) is 12.1 Å². The number of rotatable bonds is 6. The summed E-state index contributed by atoms with van der Waals surface area (Å²) >= 11 is 0. The van der Waals surface area contributed by atoms with E-state index in [2.05, 4.69) is 4.72 Å². The van der Waals surface area contributed by atoms with Gasteiger partial charge in [0.25, 0.3) is 0 Å². The molecule has 0 fully saturated rings. The van der Waals surface area contributed by atoms with Crippen molar-refractivity contribution in [1.82, 2.24) is 9.29 Å². The topological polar surface area (TPSA) is 88.4 Å². The SMILES string of the molecule is O=C(O)CCn1c2c(c3ccccc31)C[C@H](NS(=O)(=O)c1ccc(F)cc1)CC2.[H-].[Na+]. The van der Waals surface area contributed by atoms with Gasteiger partial charge in [0, 0.05) is 29.2 Å². The summed E-state index contributed by atoms with van der Waals surface area (Å²) in [5, 5.41) is 10.1. The first-order valence-electron chi connectivity index (χ1n) is 9.44. The first-order valence-corrected chi connectivity index (χ1v) is 10.9. The Morgan fingerprint density at radius 3 is 2.60 bits per heavy atom. The molecular weight excluding hydrogens is 418 g/mol. The monoisotopic (exact) mass is 440 g/mol. The molecule has 0 aliphatic heterocycles. The number of fused-ring (bicyclic) bond motifs is 3. The van der Waals surface area contributed by atoms with Crippen LogP contribution < -0.4 is 34.3 Å². The average Bonchev–Trinajstić information content (AvgIpc) is 2.99. The molecule has 30 heavy (non-hydrogen) atoms. The van der Waals surface area contributed by atoms with Crippen molar-refractivity contribution in [3.05, 3.63) is 65.6 Å². The molecule has 0 amide bonds. The molecule has 0 saturated carbocycles. The summed E-state index contributed by atoms with van der Waals surface area (Å²) in [6, 6.07) is 12.3. The summed E-state index contributed by atoms with van der Waals surface area (Å²) in [6.45, 7) is 0.386. The number of sulfonamides is 1. The number of aromatic nitrogens is 1. The zero-order chi connectivity index (χ0) is 20.6. The molecule has 0 spiro atoms. The molecule has 154 valence electrons. The molecule has 2 N–H and O–H groups in total. The number of halogens is 1. The fraction of sp³-hybridized carbons (Fsp3) is 0.286. The van der Waals surface area contributed by atoms with Crippen LogP contribution in [0.3, 0.4) is 0 Å². The molecular formula is C21H22FN2NaO4S. The van der Waals surface area contributed by atoms with Crippen molar-refractivity contribution in [3.8, 4) is 0 Å². The van der Waals surface area contributed by atoms with Crippen molar-refractivity contribution in [3.63, 3.8) is 0 Å². The standard InChI is InChI=1S/C21H21FN2O4S.Na.H/c22-14-5-8-16(9-6-14)29(27,28)23-15-7-10-20-18(13-15)17-3-1-2-4-19(17)24(20)12-11-21(25)26;;/h1-6,8-9,15,23H,7,10-13H2,(H,25,26);;/q;+1;-1/t15-;;/m1../s1. The van der Waals surface area contributed by atoms with Gasteiger partial charge < -0.3 is 11.1 Å². The van der Waals surface area contributed by atoms with E-state index < -0.39 is 21.8 Å². The zero-order valence-corrected chi connectivity index (χ0v) is 19.5. The van der Waals surface area contributed by atoms with Crippen LogP contribution in [0.25, 0.3) is 10.9 Å². The summed E-state index contributed by atoms with van der Waals surface area (Å²) in [4.78, 5) is 11.1. The van der Waals surface area contributed by atoms with Gasteiger partial charge in [0.05, 0.1) is 11.3 Å². The van der Waals surface area contributed by atoms with Crippen LogP contribution in [-0.4, -0.2) is 30.1 Å². The third kappa shape index (κ3) is 4.63. The molecule has 0 saturated heterocycles. The number of aryl methyl sites for hydroxylation is 1. The quantitative estimate of drug-likeness (QED) is 0.537. The number of carboxylic acids is 1. The molecule has 2 aromatic carbocycles.